The second kappa shape index (κ2) is 21.6. The predicted molar refractivity (Wildman–Crippen MR) is 7.84 cm³/mol. The van der Waals surface area contributed by atoms with Crippen LogP contribution >= 0.6 is 0 Å². The van der Waals surface area contributed by atoms with Crippen LogP contribution in [0.5, 0.6) is 0 Å². The Balaban J connectivity index is -0.00000000500. The molecule has 0 aliphatic heterocycles. The van der Waals surface area contributed by atoms with Crippen molar-refractivity contribution in [3.05, 3.63) is 0 Å². The summed E-state index contributed by atoms with van der Waals surface area (Å²) in [5, 5.41) is 0. The molecule has 0 radical (unpaired) electrons. The minimum absolute atomic E-state index is 0. The zero-order valence-electron chi connectivity index (χ0n) is 2.32. The molecule has 0 aromatic rings. The van der Waals surface area contributed by atoms with Gasteiger partial charge in [0.15, 0.2) is 0 Å². The van der Waals surface area contributed by atoms with Crippen molar-refractivity contribution in [1.29, 1.82) is 0 Å². The molecule has 0 heterocycles. The summed E-state index contributed by atoms with van der Waals surface area (Å²) < 4.78 is 8.38. The topological polar surface area (TPSA) is 17.1 Å². The third-order valence-electron chi connectivity index (χ3n) is 0. The molecule has 4 heavy (non-hydrogen) atoms. The van der Waals surface area contributed by atoms with E-state index in [1.54, 1.807) is 0 Å². The molecule has 0 aliphatic carbocycles. The van der Waals surface area contributed by atoms with E-state index in [-0.39, 0.29) is 59.7 Å². The maximum Gasteiger partial charge on any atom is 0 e. The summed E-state index contributed by atoms with van der Waals surface area (Å²) >= 11 is 0.125. The van der Waals surface area contributed by atoms with Crippen LogP contribution in [0.4, 0.5) is 0 Å². The SMILES string of the molecule is [O]=[GaH].[Ti].[Zn]. The molecular weight excluding hydrogens is 199 g/mol. The standard InChI is InChI=1S/Ga.O.Ti.Zn.H. The van der Waals surface area contributed by atoms with Crippen molar-refractivity contribution in [2.24, 2.45) is 0 Å². The molecule has 0 fully saturated rings. The van der Waals surface area contributed by atoms with E-state index in [2.05, 4.69) is 0 Å². The van der Waals surface area contributed by atoms with Crippen LogP contribution in [-0.4, -0.2) is 18.6 Å². The van der Waals surface area contributed by atoms with Gasteiger partial charge < -0.3 is 0 Å². The van der Waals surface area contributed by atoms with Gasteiger partial charge in [-0.3, -0.25) is 0 Å². The molecular formula is HGaOTiZn. The summed E-state index contributed by atoms with van der Waals surface area (Å²) in [5.41, 5.74) is 0. The molecule has 1 nitrogen and oxygen atoms in total. The molecule has 0 unspecified atom stereocenters. The average Bonchev–Trinajstić information content (AvgIpc) is 1.00. The Morgan fingerprint density at radius 3 is 1.25 bits per heavy atom. The minimum Gasteiger partial charge on any atom is 0 e. The van der Waals surface area contributed by atoms with Crippen LogP contribution in [-0.2, 0) is 44.7 Å². The van der Waals surface area contributed by atoms with Crippen molar-refractivity contribution in [2.45, 2.75) is 0 Å². The molecule has 0 N–H and O–H groups in total. The zero-order chi connectivity index (χ0) is 2.00. The smallest absolute Gasteiger partial charge is 0 e. The van der Waals surface area contributed by atoms with Crippen LogP contribution in [0.15, 0.2) is 0 Å². The molecule has 0 atom stereocenters. The second-order valence-corrected chi connectivity index (χ2v) is 0. The molecule has 0 aliphatic rings. The van der Waals surface area contributed by atoms with E-state index >= 15 is 0 Å². The summed E-state index contributed by atoms with van der Waals surface area (Å²) in [4.78, 5) is 0. The van der Waals surface area contributed by atoms with E-state index < -0.39 is 0 Å². The van der Waals surface area contributed by atoms with Crippen LogP contribution in [0.1, 0.15) is 0 Å². The Bertz CT molecular complexity index is 8.00. The molecule has 0 bridgehead atoms. The van der Waals surface area contributed by atoms with E-state index in [1.165, 1.54) is 0 Å². The maximum atomic E-state index is 8.38. The van der Waals surface area contributed by atoms with Gasteiger partial charge in [-0.25, -0.2) is 0 Å². The average molecular weight is 200 g/mol. The van der Waals surface area contributed by atoms with Gasteiger partial charge >= 0.3 is 22.1 Å². The fourth-order valence-corrected chi connectivity index (χ4v) is 0. The van der Waals surface area contributed by atoms with Gasteiger partial charge in [-0.05, 0) is 0 Å². The van der Waals surface area contributed by atoms with Crippen molar-refractivity contribution in [2.75, 3.05) is 0 Å². The molecule has 16 valence electrons. The quantitative estimate of drug-likeness (QED) is 0.469. The predicted octanol–water partition coefficient (Wildman–Crippen LogP) is -0.772. The van der Waals surface area contributed by atoms with Gasteiger partial charge in [-0.15, -0.1) is 0 Å². The Labute approximate surface area is 62.7 Å². The van der Waals surface area contributed by atoms with Crippen LogP contribution in [0.3, 0.4) is 0 Å². The molecule has 0 spiro atoms. The van der Waals surface area contributed by atoms with Crippen molar-refractivity contribution >= 4 is 18.6 Å². The molecule has 4 heteroatoms. The van der Waals surface area contributed by atoms with E-state index in [0.717, 1.165) is 0 Å². The number of hydrogen-bond acceptors (Lipinski definition) is 1. The summed E-state index contributed by atoms with van der Waals surface area (Å²) in [6, 6.07) is 0. The van der Waals surface area contributed by atoms with Crippen molar-refractivity contribution in [3.8, 4) is 0 Å². The Kier molecular flexibility index (Phi) is 92.4. The summed E-state index contributed by atoms with van der Waals surface area (Å²) in [6.07, 6.45) is 0. The largest absolute Gasteiger partial charge is 0 e. The first-order valence-corrected chi connectivity index (χ1v) is 1.50. The Morgan fingerprint density at radius 2 is 1.25 bits per heavy atom. The van der Waals surface area contributed by atoms with Crippen LogP contribution < -0.4 is 0 Å². The van der Waals surface area contributed by atoms with E-state index in [1.807, 2.05) is 0 Å². The maximum absolute atomic E-state index is 8.38. The first-order chi connectivity index (χ1) is 1.00. The van der Waals surface area contributed by atoms with E-state index in [0.29, 0.717) is 0 Å². The van der Waals surface area contributed by atoms with E-state index in [9.17, 15) is 0 Å². The fraction of sp³-hybridized carbons (Fsp3) is 0. The van der Waals surface area contributed by atoms with Gasteiger partial charge in [0.2, 0.25) is 0 Å². The normalized spacial score (nSPS) is 0.750. The van der Waals surface area contributed by atoms with Crippen molar-refractivity contribution in [1.82, 2.24) is 0 Å². The third-order valence-corrected chi connectivity index (χ3v) is 0. The molecule has 0 aromatic carbocycles. The number of rotatable bonds is 0. The third kappa shape index (κ3) is 9.23. The van der Waals surface area contributed by atoms with Gasteiger partial charge in [0.05, 0.1) is 0 Å². The first kappa shape index (κ1) is 17.1. The molecule has 0 saturated heterocycles. The van der Waals surface area contributed by atoms with E-state index in [4.69, 9.17) is 3.54 Å². The summed E-state index contributed by atoms with van der Waals surface area (Å²) in [5.74, 6) is 0. The van der Waals surface area contributed by atoms with Crippen LogP contribution in [0.25, 0.3) is 0 Å². The second-order valence-electron chi connectivity index (χ2n) is 0. The van der Waals surface area contributed by atoms with Crippen molar-refractivity contribution in [3.63, 3.8) is 0 Å². The van der Waals surface area contributed by atoms with Crippen molar-refractivity contribution < 1.29 is 44.7 Å². The monoisotopic (exact) mass is 198 g/mol. The van der Waals surface area contributed by atoms with Gasteiger partial charge in [0.25, 0.3) is 0 Å². The van der Waals surface area contributed by atoms with Gasteiger partial charge in [-0.2, -0.15) is 0 Å². The molecule has 0 saturated carbocycles. The minimum atomic E-state index is 0. The van der Waals surface area contributed by atoms with Gasteiger partial charge in [0, 0.05) is 41.2 Å². The fourth-order valence-electron chi connectivity index (χ4n) is 0. The van der Waals surface area contributed by atoms with Gasteiger partial charge in [-0.1, -0.05) is 0 Å². The summed E-state index contributed by atoms with van der Waals surface area (Å²) in [7, 11) is 0. The molecule has 0 amide bonds. The van der Waals surface area contributed by atoms with Crippen LogP contribution in [0, 0.1) is 0 Å². The summed E-state index contributed by atoms with van der Waals surface area (Å²) in [6.45, 7) is 0. The first-order valence-electron chi connectivity index (χ1n) is 0.289. The molecule has 0 rings (SSSR count). The van der Waals surface area contributed by atoms with Gasteiger partial charge in [0.1, 0.15) is 0 Å². The Morgan fingerprint density at radius 1 is 1.25 bits per heavy atom. The number of hydrogen-bond donors (Lipinski definition) is 0. The van der Waals surface area contributed by atoms with Crippen LogP contribution in [0.2, 0.25) is 0 Å². The zero-order valence-corrected chi connectivity index (χ0v) is 9.82. The Hall–Kier alpha value is 1.77. The molecule has 0 aromatic heterocycles.